The number of amides is 2. The van der Waals surface area contributed by atoms with Crippen LogP contribution < -0.4 is 4.74 Å². The summed E-state index contributed by atoms with van der Waals surface area (Å²) >= 11 is 0. The van der Waals surface area contributed by atoms with Gasteiger partial charge in [0.15, 0.2) is 5.84 Å². The summed E-state index contributed by atoms with van der Waals surface area (Å²) in [5.41, 5.74) is 1.78. The first-order chi connectivity index (χ1) is 12.6. The first-order valence-corrected chi connectivity index (χ1v) is 8.50. The molecule has 0 fully saturated rings. The quantitative estimate of drug-likeness (QED) is 0.789. The Morgan fingerprint density at radius 2 is 1.96 bits per heavy atom. The molecule has 0 aromatic heterocycles. The molecule has 6 heteroatoms. The number of aliphatic imine (C=N–C) groups is 2. The van der Waals surface area contributed by atoms with E-state index in [0.717, 1.165) is 11.3 Å². The van der Waals surface area contributed by atoms with Crippen molar-refractivity contribution in [3.05, 3.63) is 54.1 Å². The topological polar surface area (TPSA) is 71.3 Å². The van der Waals surface area contributed by atoms with E-state index in [1.165, 1.54) is 6.92 Å². The van der Waals surface area contributed by atoms with Gasteiger partial charge in [-0.3, -0.25) is 9.59 Å². The number of hydrogen-bond donors (Lipinski definition) is 0. The van der Waals surface area contributed by atoms with Crippen molar-refractivity contribution in [2.45, 2.75) is 13.3 Å². The number of rotatable bonds is 6. The van der Waals surface area contributed by atoms with Gasteiger partial charge in [-0.05, 0) is 30.2 Å². The Labute approximate surface area is 152 Å². The summed E-state index contributed by atoms with van der Waals surface area (Å²) in [5, 5.41) is 0. The van der Waals surface area contributed by atoms with Crippen molar-refractivity contribution in [2.24, 2.45) is 15.9 Å². The fourth-order valence-electron chi connectivity index (χ4n) is 2.86. The lowest BCUT2D eigenvalue weighted by molar-refractivity contribution is -0.128. The number of nitrogens with zero attached hydrogens (tertiary/aromatic N) is 3. The second kappa shape index (κ2) is 7.91. The predicted molar refractivity (Wildman–Crippen MR) is 101 cm³/mol. The van der Waals surface area contributed by atoms with Gasteiger partial charge in [-0.1, -0.05) is 30.4 Å². The minimum absolute atomic E-state index is 0.0740. The summed E-state index contributed by atoms with van der Waals surface area (Å²) in [5.74, 6) is 0.478. The number of allylic oxidation sites excluding steroid dienone is 3. The first kappa shape index (κ1) is 17.8. The fraction of sp³-hybridized carbons (Fsp3) is 0.300. The van der Waals surface area contributed by atoms with E-state index in [4.69, 9.17) is 4.74 Å². The molecule has 1 aromatic rings. The molecule has 1 atom stereocenters. The molecular weight excluding hydrogens is 330 g/mol. The number of carbonyl (C=O) groups is 2. The maximum atomic E-state index is 12.2. The molecule has 1 aromatic carbocycles. The standard InChI is InChI=1S/C20H21N3O3/c1-14(24)23(12-11-15-7-9-16(26-2)10-8-15)13-19-21-18-6-4-3-5-17(18)20(25)22-19/h3-10,17H,11-13H2,1-2H3. The lowest BCUT2D eigenvalue weighted by atomic mass is 9.96. The number of benzene rings is 1. The summed E-state index contributed by atoms with van der Waals surface area (Å²) in [6.07, 6.45) is 7.96. The SMILES string of the molecule is COc1ccc(CCN(CC2=NC(=O)C3C=CC=CC3=N2)C(C)=O)cc1. The zero-order chi connectivity index (χ0) is 18.5. The van der Waals surface area contributed by atoms with Crippen LogP contribution in [-0.4, -0.2) is 48.5 Å². The molecule has 134 valence electrons. The van der Waals surface area contributed by atoms with Gasteiger partial charge in [-0.25, -0.2) is 4.99 Å². The largest absolute Gasteiger partial charge is 0.497 e. The fourth-order valence-corrected chi connectivity index (χ4v) is 2.86. The molecule has 2 aliphatic rings. The van der Waals surface area contributed by atoms with E-state index in [0.29, 0.717) is 24.5 Å². The third-order valence-electron chi connectivity index (χ3n) is 4.37. The van der Waals surface area contributed by atoms with E-state index in [2.05, 4.69) is 9.98 Å². The van der Waals surface area contributed by atoms with Crippen molar-refractivity contribution in [3.8, 4) is 5.75 Å². The van der Waals surface area contributed by atoms with Crippen LogP contribution in [0.25, 0.3) is 0 Å². The maximum absolute atomic E-state index is 12.2. The van der Waals surface area contributed by atoms with Crippen molar-refractivity contribution in [1.29, 1.82) is 0 Å². The Balaban J connectivity index is 1.66. The third kappa shape index (κ3) is 4.14. The van der Waals surface area contributed by atoms with Crippen LogP contribution in [0.4, 0.5) is 0 Å². The van der Waals surface area contributed by atoms with Crippen LogP contribution >= 0.6 is 0 Å². The first-order valence-electron chi connectivity index (χ1n) is 8.50. The highest BCUT2D eigenvalue weighted by atomic mass is 16.5. The lowest BCUT2D eigenvalue weighted by Crippen LogP contribution is -2.38. The van der Waals surface area contributed by atoms with Crippen molar-refractivity contribution in [1.82, 2.24) is 4.90 Å². The molecule has 2 amide bonds. The molecule has 0 bridgehead atoms. The Bertz CT molecular complexity index is 819. The zero-order valence-corrected chi connectivity index (χ0v) is 14.9. The Morgan fingerprint density at radius 1 is 1.19 bits per heavy atom. The number of carbonyl (C=O) groups excluding carboxylic acids is 2. The smallest absolute Gasteiger partial charge is 0.260 e. The molecule has 0 saturated carbocycles. The highest BCUT2D eigenvalue weighted by Gasteiger charge is 2.27. The number of ether oxygens (including phenoxy) is 1. The lowest BCUT2D eigenvalue weighted by Gasteiger charge is -2.23. The van der Waals surface area contributed by atoms with Gasteiger partial charge in [-0.2, -0.15) is 4.99 Å². The number of methoxy groups -OCH3 is 1. The molecular formula is C20H21N3O3. The van der Waals surface area contributed by atoms with Crippen molar-refractivity contribution in [2.75, 3.05) is 20.2 Å². The minimum Gasteiger partial charge on any atom is -0.497 e. The summed E-state index contributed by atoms with van der Waals surface area (Å²) < 4.78 is 5.15. The highest BCUT2D eigenvalue weighted by molar-refractivity contribution is 6.21. The van der Waals surface area contributed by atoms with Crippen molar-refractivity contribution >= 4 is 23.4 Å². The molecule has 3 rings (SSSR count). The van der Waals surface area contributed by atoms with Gasteiger partial charge >= 0.3 is 0 Å². The van der Waals surface area contributed by atoms with E-state index in [9.17, 15) is 9.59 Å². The van der Waals surface area contributed by atoms with E-state index < -0.39 is 5.92 Å². The van der Waals surface area contributed by atoms with Crippen LogP contribution in [0.3, 0.4) is 0 Å². The van der Waals surface area contributed by atoms with Crippen LogP contribution in [0, 0.1) is 5.92 Å². The second-order valence-corrected chi connectivity index (χ2v) is 6.16. The van der Waals surface area contributed by atoms with Crippen LogP contribution in [0.1, 0.15) is 12.5 Å². The Morgan fingerprint density at radius 3 is 2.65 bits per heavy atom. The predicted octanol–water partition coefficient (Wildman–Crippen LogP) is 2.21. The molecule has 6 nitrogen and oxygen atoms in total. The molecule has 0 spiro atoms. The summed E-state index contributed by atoms with van der Waals surface area (Å²) in [4.78, 5) is 34.3. The molecule has 0 N–H and O–H groups in total. The molecule has 26 heavy (non-hydrogen) atoms. The van der Waals surface area contributed by atoms with Gasteiger partial charge in [0.25, 0.3) is 5.91 Å². The summed E-state index contributed by atoms with van der Waals surface area (Å²) in [6, 6.07) is 7.74. The van der Waals surface area contributed by atoms with Crippen LogP contribution in [0.5, 0.6) is 5.75 Å². The van der Waals surface area contributed by atoms with Crippen molar-refractivity contribution in [3.63, 3.8) is 0 Å². The van der Waals surface area contributed by atoms with Crippen LogP contribution in [-0.2, 0) is 16.0 Å². The van der Waals surface area contributed by atoms with Gasteiger partial charge < -0.3 is 9.64 Å². The van der Waals surface area contributed by atoms with Gasteiger partial charge in [0.05, 0.1) is 19.4 Å². The number of hydrogen-bond acceptors (Lipinski definition) is 4. The Kier molecular flexibility index (Phi) is 5.41. The van der Waals surface area contributed by atoms with E-state index in [1.54, 1.807) is 18.1 Å². The van der Waals surface area contributed by atoms with E-state index in [1.807, 2.05) is 42.5 Å². The summed E-state index contributed by atoms with van der Waals surface area (Å²) in [6.45, 7) is 2.27. The normalized spacial score (nSPS) is 18.1. The maximum Gasteiger partial charge on any atom is 0.260 e. The molecule has 1 aliphatic heterocycles. The minimum atomic E-state index is -0.395. The average molecular weight is 351 g/mol. The van der Waals surface area contributed by atoms with Crippen molar-refractivity contribution < 1.29 is 14.3 Å². The monoisotopic (exact) mass is 351 g/mol. The van der Waals surface area contributed by atoms with Gasteiger partial charge in [0.2, 0.25) is 5.91 Å². The third-order valence-corrected chi connectivity index (χ3v) is 4.37. The van der Waals surface area contributed by atoms with Gasteiger partial charge in [-0.15, -0.1) is 0 Å². The highest BCUT2D eigenvalue weighted by Crippen LogP contribution is 2.17. The summed E-state index contributed by atoms with van der Waals surface area (Å²) in [7, 11) is 1.63. The number of amidine groups is 1. The van der Waals surface area contributed by atoms with E-state index in [-0.39, 0.29) is 18.4 Å². The molecule has 1 heterocycles. The molecule has 0 saturated heterocycles. The molecule has 1 unspecified atom stereocenters. The zero-order valence-electron chi connectivity index (χ0n) is 14.9. The van der Waals surface area contributed by atoms with E-state index >= 15 is 0 Å². The Hall–Kier alpha value is -3.02. The molecule has 1 aliphatic carbocycles. The van der Waals surface area contributed by atoms with Crippen LogP contribution in [0.2, 0.25) is 0 Å². The van der Waals surface area contributed by atoms with Gasteiger partial charge in [0, 0.05) is 13.5 Å². The van der Waals surface area contributed by atoms with Crippen LogP contribution in [0.15, 0.2) is 58.6 Å². The van der Waals surface area contributed by atoms with Gasteiger partial charge in [0.1, 0.15) is 11.7 Å². The average Bonchev–Trinajstić information content (AvgIpc) is 2.65. The second-order valence-electron chi connectivity index (χ2n) is 6.16. The number of fused-ring (bicyclic) bond motifs is 1. The molecule has 0 radical (unpaired) electrons.